The Morgan fingerprint density at radius 1 is 1.03 bits per heavy atom. The Kier molecular flexibility index (Phi) is 6.10. The number of hydrogen-bond donors (Lipinski definition) is 2. The van der Waals surface area contributed by atoms with Crippen LogP contribution in [0.5, 0.6) is 5.75 Å². The highest BCUT2D eigenvalue weighted by molar-refractivity contribution is 6.31. The van der Waals surface area contributed by atoms with Crippen molar-refractivity contribution in [3.63, 3.8) is 0 Å². The number of ether oxygens (including phenoxy) is 2. The van der Waals surface area contributed by atoms with Crippen LogP contribution >= 0.6 is 11.6 Å². The van der Waals surface area contributed by atoms with Gasteiger partial charge >= 0.3 is 0 Å². The quantitative estimate of drug-likeness (QED) is 0.607. The highest BCUT2D eigenvalue weighted by atomic mass is 35.5. The number of benzene rings is 2. The van der Waals surface area contributed by atoms with Gasteiger partial charge in [0, 0.05) is 18.8 Å². The third kappa shape index (κ3) is 4.69. The van der Waals surface area contributed by atoms with Crippen LogP contribution in [0.3, 0.4) is 0 Å². The summed E-state index contributed by atoms with van der Waals surface area (Å²) in [6.07, 6.45) is 0. The van der Waals surface area contributed by atoms with E-state index in [-0.39, 0.29) is 5.02 Å². The molecule has 8 nitrogen and oxygen atoms in total. The number of morpholine rings is 1. The number of rotatable bonds is 6. The van der Waals surface area contributed by atoms with E-state index in [1.54, 1.807) is 13.2 Å². The van der Waals surface area contributed by atoms with Gasteiger partial charge in [-0.3, -0.25) is 0 Å². The number of nitrogens with one attached hydrogen (secondary N) is 2. The molecule has 0 aliphatic carbocycles. The number of halogens is 2. The third-order valence-electron chi connectivity index (χ3n) is 4.45. The van der Waals surface area contributed by atoms with E-state index < -0.39 is 5.82 Å². The van der Waals surface area contributed by atoms with Gasteiger partial charge in [-0.1, -0.05) is 23.7 Å². The summed E-state index contributed by atoms with van der Waals surface area (Å²) in [6, 6.07) is 11.8. The first-order valence-electron chi connectivity index (χ1n) is 9.33. The van der Waals surface area contributed by atoms with Gasteiger partial charge in [-0.2, -0.15) is 15.0 Å². The molecule has 2 aromatic carbocycles. The number of para-hydroxylation sites is 2. The molecule has 0 radical (unpaired) electrons. The van der Waals surface area contributed by atoms with Crippen LogP contribution < -0.4 is 20.3 Å². The van der Waals surface area contributed by atoms with Crippen molar-refractivity contribution < 1.29 is 13.9 Å². The van der Waals surface area contributed by atoms with Crippen molar-refractivity contribution in [3.8, 4) is 5.75 Å². The van der Waals surface area contributed by atoms with Gasteiger partial charge in [0.1, 0.15) is 11.6 Å². The first-order chi connectivity index (χ1) is 14.6. The summed E-state index contributed by atoms with van der Waals surface area (Å²) < 4.78 is 24.3. The zero-order chi connectivity index (χ0) is 20.9. The maximum atomic E-state index is 13.5. The summed E-state index contributed by atoms with van der Waals surface area (Å²) in [5.74, 6) is 1.30. The molecular weight excluding hydrogens is 411 g/mol. The number of anilines is 5. The Morgan fingerprint density at radius 2 is 1.77 bits per heavy atom. The van der Waals surface area contributed by atoms with Crippen molar-refractivity contribution in [3.05, 3.63) is 53.3 Å². The summed E-state index contributed by atoms with van der Waals surface area (Å²) in [7, 11) is 1.60. The van der Waals surface area contributed by atoms with E-state index >= 15 is 0 Å². The lowest BCUT2D eigenvalue weighted by molar-refractivity contribution is 0.122. The number of hydrogen-bond acceptors (Lipinski definition) is 8. The fraction of sp³-hybridized carbons (Fsp3) is 0.250. The molecule has 30 heavy (non-hydrogen) atoms. The van der Waals surface area contributed by atoms with Gasteiger partial charge in [0.2, 0.25) is 17.8 Å². The van der Waals surface area contributed by atoms with Gasteiger partial charge in [0.25, 0.3) is 0 Å². The monoisotopic (exact) mass is 430 g/mol. The fourth-order valence-electron chi connectivity index (χ4n) is 2.95. The second kappa shape index (κ2) is 9.10. The van der Waals surface area contributed by atoms with Crippen LogP contribution in [-0.2, 0) is 4.74 Å². The van der Waals surface area contributed by atoms with Crippen molar-refractivity contribution in [2.24, 2.45) is 0 Å². The molecule has 0 saturated carbocycles. The average molecular weight is 431 g/mol. The lowest BCUT2D eigenvalue weighted by atomic mass is 10.3. The lowest BCUT2D eigenvalue weighted by Crippen LogP contribution is -2.37. The molecule has 0 bridgehead atoms. The Labute approximate surface area is 178 Å². The van der Waals surface area contributed by atoms with Crippen LogP contribution in [0, 0.1) is 5.82 Å². The van der Waals surface area contributed by atoms with Gasteiger partial charge in [-0.15, -0.1) is 0 Å². The van der Waals surface area contributed by atoms with Gasteiger partial charge < -0.3 is 25.0 Å². The van der Waals surface area contributed by atoms with Gasteiger partial charge in [-0.25, -0.2) is 4.39 Å². The molecule has 1 saturated heterocycles. The van der Waals surface area contributed by atoms with Crippen LogP contribution in [0.25, 0.3) is 0 Å². The fourth-order valence-corrected chi connectivity index (χ4v) is 3.13. The van der Waals surface area contributed by atoms with Crippen molar-refractivity contribution >= 4 is 40.8 Å². The predicted octanol–water partition coefficient (Wildman–Crippen LogP) is 4.00. The molecule has 1 aliphatic rings. The van der Waals surface area contributed by atoms with Gasteiger partial charge in [0.15, 0.2) is 0 Å². The average Bonchev–Trinajstić information content (AvgIpc) is 2.77. The SMILES string of the molecule is COc1ccccc1Nc1nc(Nc2ccc(F)c(Cl)c2)nc(N2CCOCC2)n1. The first kappa shape index (κ1) is 20.1. The molecule has 156 valence electrons. The molecule has 10 heteroatoms. The summed E-state index contributed by atoms with van der Waals surface area (Å²) >= 11 is 5.89. The molecule has 1 fully saturated rings. The van der Waals surface area contributed by atoms with Crippen molar-refractivity contribution in [2.45, 2.75) is 0 Å². The van der Waals surface area contributed by atoms with Crippen molar-refractivity contribution in [1.29, 1.82) is 0 Å². The van der Waals surface area contributed by atoms with E-state index in [0.29, 0.717) is 55.6 Å². The Hall–Kier alpha value is -3.17. The number of nitrogens with zero attached hydrogens (tertiary/aromatic N) is 4. The van der Waals surface area contributed by atoms with Crippen LogP contribution in [0.1, 0.15) is 0 Å². The van der Waals surface area contributed by atoms with Crippen LogP contribution in [-0.4, -0.2) is 48.4 Å². The second-order valence-electron chi connectivity index (χ2n) is 6.46. The topological polar surface area (TPSA) is 84.4 Å². The lowest BCUT2D eigenvalue weighted by Gasteiger charge is -2.27. The molecular formula is C20H20ClFN6O2. The highest BCUT2D eigenvalue weighted by Gasteiger charge is 2.17. The van der Waals surface area contributed by atoms with Crippen molar-refractivity contribution in [2.75, 3.05) is 48.9 Å². The first-order valence-corrected chi connectivity index (χ1v) is 9.71. The largest absolute Gasteiger partial charge is 0.495 e. The molecule has 2 heterocycles. The number of methoxy groups -OCH3 is 1. The number of aromatic nitrogens is 3. The van der Waals surface area contributed by atoms with Crippen LogP contribution in [0.15, 0.2) is 42.5 Å². The molecule has 4 rings (SSSR count). The molecule has 0 unspecified atom stereocenters. The highest BCUT2D eigenvalue weighted by Crippen LogP contribution is 2.28. The summed E-state index contributed by atoms with van der Waals surface area (Å²) in [5.41, 5.74) is 1.28. The normalized spacial score (nSPS) is 13.8. The van der Waals surface area contributed by atoms with E-state index in [1.807, 2.05) is 29.2 Å². The molecule has 1 aliphatic heterocycles. The Balaban J connectivity index is 1.67. The minimum Gasteiger partial charge on any atom is -0.495 e. The molecule has 0 spiro atoms. The van der Waals surface area contributed by atoms with E-state index in [1.165, 1.54) is 12.1 Å². The van der Waals surface area contributed by atoms with Crippen LogP contribution in [0.4, 0.5) is 33.6 Å². The van der Waals surface area contributed by atoms with E-state index in [2.05, 4.69) is 25.6 Å². The van der Waals surface area contributed by atoms with Crippen LogP contribution in [0.2, 0.25) is 5.02 Å². The van der Waals surface area contributed by atoms with Gasteiger partial charge in [-0.05, 0) is 30.3 Å². The Bertz CT molecular complexity index is 1030. The minimum atomic E-state index is -0.495. The molecule has 0 amide bonds. The zero-order valence-corrected chi connectivity index (χ0v) is 17.0. The molecule has 2 N–H and O–H groups in total. The minimum absolute atomic E-state index is 0.00910. The maximum absolute atomic E-state index is 13.5. The summed E-state index contributed by atoms with van der Waals surface area (Å²) in [5, 5.41) is 6.25. The third-order valence-corrected chi connectivity index (χ3v) is 4.74. The van der Waals surface area contributed by atoms with E-state index in [9.17, 15) is 4.39 Å². The molecule has 1 aromatic heterocycles. The second-order valence-corrected chi connectivity index (χ2v) is 6.87. The standard InChI is InChI=1S/C20H20ClFN6O2/c1-29-17-5-3-2-4-16(17)24-19-25-18(23-13-6-7-15(22)14(21)12-13)26-20(27-19)28-8-10-30-11-9-28/h2-7,12H,8-11H2,1H3,(H2,23,24,25,26,27). The summed E-state index contributed by atoms with van der Waals surface area (Å²) in [6.45, 7) is 2.52. The molecule has 0 atom stereocenters. The summed E-state index contributed by atoms with van der Waals surface area (Å²) in [4.78, 5) is 15.5. The Morgan fingerprint density at radius 3 is 2.50 bits per heavy atom. The predicted molar refractivity (Wildman–Crippen MR) is 114 cm³/mol. The maximum Gasteiger partial charge on any atom is 0.233 e. The van der Waals surface area contributed by atoms with E-state index in [0.717, 1.165) is 5.69 Å². The molecule has 3 aromatic rings. The van der Waals surface area contributed by atoms with E-state index in [4.69, 9.17) is 21.1 Å². The van der Waals surface area contributed by atoms with Gasteiger partial charge in [0.05, 0.1) is 31.0 Å². The zero-order valence-electron chi connectivity index (χ0n) is 16.2. The van der Waals surface area contributed by atoms with Crippen molar-refractivity contribution in [1.82, 2.24) is 15.0 Å². The smallest absolute Gasteiger partial charge is 0.233 e.